The van der Waals surface area contributed by atoms with Gasteiger partial charge < -0.3 is 14.6 Å². The molecule has 1 spiro atoms. The summed E-state index contributed by atoms with van der Waals surface area (Å²) in [5, 5.41) is 10.0. The number of likely N-dealkylation sites (tertiary alicyclic amines) is 1. The maximum absolute atomic E-state index is 11.5. The first-order valence-corrected chi connectivity index (χ1v) is 10.6. The summed E-state index contributed by atoms with van der Waals surface area (Å²) in [6.07, 6.45) is 6.89. The van der Waals surface area contributed by atoms with E-state index in [1.54, 1.807) is 5.48 Å². The molecule has 1 amide bonds. The lowest BCUT2D eigenvalue weighted by atomic mass is 9.89. The number of H-pyrrole nitrogens is 1. The van der Waals surface area contributed by atoms with E-state index < -0.39 is 5.91 Å². The van der Waals surface area contributed by atoms with Crippen molar-refractivity contribution in [2.45, 2.75) is 25.0 Å². The predicted molar refractivity (Wildman–Crippen MR) is 122 cm³/mol. The molecule has 0 aliphatic carbocycles. The lowest BCUT2D eigenvalue weighted by Crippen LogP contribution is -2.57. The third-order valence-electron chi connectivity index (χ3n) is 6.37. The van der Waals surface area contributed by atoms with Crippen molar-refractivity contribution in [3.05, 3.63) is 54.0 Å². The van der Waals surface area contributed by atoms with Gasteiger partial charge in [0.2, 0.25) is 5.95 Å². The number of morpholine rings is 1. The van der Waals surface area contributed by atoms with Gasteiger partial charge >= 0.3 is 0 Å². The second-order valence-electron chi connectivity index (χ2n) is 8.30. The number of piperidine rings is 1. The summed E-state index contributed by atoms with van der Waals surface area (Å²) >= 11 is 0. The van der Waals surface area contributed by atoms with E-state index in [9.17, 15) is 4.79 Å². The smallest absolute Gasteiger partial charge is 0.277 e. The number of nitrogens with one attached hydrogen (secondary N) is 2. The van der Waals surface area contributed by atoms with Crippen LogP contribution < -0.4 is 10.4 Å². The van der Waals surface area contributed by atoms with Crippen molar-refractivity contribution in [3.63, 3.8) is 0 Å². The first kappa shape index (κ1) is 22.5. The predicted octanol–water partition coefficient (Wildman–Crippen LogP) is 2.37. The molecule has 2 saturated heterocycles. The van der Waals surface area contributed by atoms with Crippen molar-refractivity contribution in [3.8, 4) is 0 Å². The van der Waals surface area contributed by atoms with Crippen LogP contribution >= 0.6 is 12.4 Å². The topological polar surface area (TPSA) is 107 Å². The van der Waals surface area contributed by atoms with Gasteiger partial charge in [-0.25, -0.2) is 15.4 Å². The van der Waals surface area contributed by atoms with Crippen LogP contribution in [-0.2, 0) is 11.3 Å². The lowest BCUT2D eigenvalue weighted by Gasteiger charge is -2.47. The van der Waals surface area contributed by atoms with Gasteiger partial charge in [-0.2, -0.15) is 0 Å². The minimum absolute atomic E-state index is 0. The van der Waals surface area contributed by atoms with Crippen LogP contribution in [-0.4, -0.2) is 69.4 Å². The zero-order valence-corrected chi connectivity index (χ0v) is 18.5. The molecule has 2 aromatic heterocycles. The summed E-state index contributed by atoms with van der Waals surface area (Å²) in [6, 6.07) is 8.42. The monoisotopic (exact) mass is 458 g/mol. The SMILES string of the molecule is Cl.O=C(NO)c1cnc(N2CCOC3(CCN(Cc4c[nH]c5ccccc45)CC3)C2)nc1. The highest BCUT2D eigenvalue weighted by Gasteiger charge is 2.40. The normalized spacial score (nSPS) is 18.5. The van der Waals surface area contributed by atoms with Crippen molar-refractivity contribution in [1.29, 1.82) is 0 Å². The number of hydrogen-bond donors (Lipinski definition) is 3. The average Bonchev–Trinajstić information content (AvgIpc) is 3.23. The van der Waals surface area contributed by atoms with Gasteiger partial charge in [0.1, 0.15) is 0 Å². The van der Waals surface area contributed by atoms with Crippen molar-refractivity contribution < 1.29 is 14.7 Å². The number of hydroxylamine groups is 1. The summed E-state index contributed by atoms with van der Waals surface area (Å²) in [7, 11) is 0. The van der Waals surface area contributed by atoms with E-state index in [4.69, 9.17) is 9.94 Å². The zero-order chi connectivity index (χ0) is 21.3. The Balaban J connectivity index is 0.00000245. The number of ether oxygens (including phenoxy) is 1. The summed E-state index contributed by atoms with van der Waals surface area (Å²) in [6.45, 7) is 4.96. The molecule has 170 valence electrons. The maximum Gasteiger partial charge on any atom is 0.277 e. The number of aromatic amines is 1. The second kappa shape index (κ2) is 9.41. The number of amides is 1. The molecule has 0 atom stereocenters. The molecular formula is C22H27ClN6O3. The molecule has 3 aromatic rings. The van der Waals surface area contributed by atoms with Crippen LogP contribution in [0.5, 0.6) is 0 Å². The molecule has 10 heteroatoms. The van der Waals surface area contributed by atoms with Crippen LogP contribution in [0, 0.1) is 0 Å². The Morgan fingerprint density at radius 3 is 2.69 bits per heavy atom. The number of carbonyl (C=O) groups is 1. The molecule has 4 heterocycles. The summed E-state index contributed by atoms with van der Waals surface area (Å²) in [4.78, 5) is 28.1. The molecule has 3 N–H and O–H groups in total. The van der Waals surface area contributed by atoms with Gasteiger partial charge in [-0.1, -0.05) is 18.2 Å². The third kappa shape index (κ3) is 4.42. The summed E-state index contributed by atoms with van der Waals surface area (Å²) < 4.78 is 6.26. The van der Waals surface area contributed by atoms with Crippen LogP contribution in [0.3, 0.4) is 0 Å². The number of halogens is 1. The number of anilines is 1. The number of nitrogens with zero attached hydrogens (tertiary/aromatic N) is 4. The quantitative estimate of drug-likeness (QED) is 0.407. The van der Waals surface area contributed by atoms with Gasteiger partial charge in [0.05, 0.1) is 24.3 Å². The number of aromatic nitrogens is 3. The molecule has 2 aliphatic heterocycles. The standard InChI is InChI=1S/C22H26N6O3.ClH/c29-20(26-30)16-11-24-21(25-12-16)28-9-10-31-22(15-28)5-7-27(8-6-22)14-17-13-23-19-4-2-1-3-18(17)19;/h1-4,11-13,23,30H,5-10,14-15H2,(H,26,29);1H. The molecule has 0 bridgehead atoms. The third-order valence-corrected chi connectivity index (χ3v) is 6.37. The van der Waals surface area contributed by atoms with Crippen molar-refractivity contribution in [2.75, 3.05) is 37.7 Å². The first-order chi connectivity index (χ1) is 15.2. The largest absolute Gasteiger partial charge is 0.371 e. The number of para-hydroxylation sites is 1. The molecule has 32 heavy (non-hydrogen) atoms. The maximum atomic E-state index is 11.5. The molecule has 2 aliphatic rings. The molecule has 0 radical (unpaired) electrons. The van der Waals surface area contributed by atoms with Crippen LogP contribution in [0.2, 0.25) is 0 Å². The van der Waals surface area contributed by atoms with E-state index in [-0.39, 0.29) is 23.6 Å². The first-order valence-electron chi connectivity index (χ1n) is 10.6. The molecule has 5 rings (SSSR count). The average molecular weight is 459 g/mol. The highest BCUT2D eigenvalue weighted by atomic mass is 35.5. The van der Waals surface area contributed by atoms with Gasteiger partial charge in [0, 0.05) is 55.7 Å². The van der Waals surface area contributed by atoms with E-state index in [0.717, 1.165) is 39.0 Å². The Kier molecular flexibility index (Phi) is 6.61. The van der Waals surface area contributed by atoms with Gasteiger partial charge in [0.25, 0.3) is 5.91 Å². The minimum Gasteiger partial charge on any atom is -0.371 e. The van der Waals surface area contributed by atoms with Gasteiger partial charge in [-0.3, -0.25) is 14.9 Å². The summed E-state index contributed by atoms with van der Waals surface area (Å²) in [5.41, 5.74) is 4.14. The van der Waals surface area contributed by atoms with Crippen molar-refractivity contribution in [1.82, 2.24) is 25.3 Å². The van der Waals surface area contributed by atoms with Crippen LogP contribution in [0.15, 0.2) is 42.9 Å². The van der Waals surface area contributed by atoms with E-state index in [2.05, 4.69) is 55.2 Å². The molecule has 0 unspecified atom stereocenters. The van der Waals surface area contributed by atoms with E-state index >= 15 is 0 Å². The fourth-order valence-corrected chi connectivity index (χ4v) is 4.61. The highest BCUT2D eigenvalue weighted by molar-refractivity contribution is 5.92. The van der Waals surface area contributed by atoms with Crippen LogP contribution in [0.1, 0.15) is 28.8 Å². The Bertz CT molecular complexity index is 1060. The molecule has 1 aromatic carbocycles. The fraction of sp³-hybridized carbons (Fsp3) is 0.409. The minimum atomic E-state index is -0.618. The number of hydrogen-bond acceptors (Lipinski definition) is 7. The fourth-order valence-electron chi connectivity index (χ4n) is 4.61. The Labute approximate surface area is 192 Å². The number of fused-ring (bicyclic) bond motifs is 1. The Morgan fingerprint density at radius 1 is 1.19 bits per heavy atom. The number of rotatable bonds is 4. The summed E-state index contributed by atoms with van der Waals surface area (Å²) in [5.74, 6) is -0.0362. The Morgan fingerprint density at radius 2 is 1.94 bits per heavy atom. The number of benzene rings is 1. The highest BCUT2D eigenvalue weighted by Crippen LogP contribution is 2.32. The van der Waals surface area contributed by atoms with Crippen molar-refractivity contribution in [2.24, 2.45) is 0 Å². The Hall–Kier alpha value is -2.72. The van der Waals surface area contributed by atoms with Crippen molar-refractivity contribution >= 4 is 35.2 Å². The molecule has 9 nitrogen and oxygen atoms in total. The molecule has 2 fully saturated rings. The van der Waals surface area contributed by atoms with Gasteiger partial charge in [0.15, 0.2) is 0 Å². The van der Waals surface area contributed by atoms with Crippen LogP contribution in [0.4, 0.5) is 5.95 Å². The van der Waals surface area contributed by atoms with E-state index in [1.165, 1.54) is 28.9 Å². The molecular weight excluding hydrogens is 432 g/mol. The lowest BCUT2D eigenvalue weighted by molar-refractivity contribution is -0.0923. The zero-order valence-electron chi connectivity index (χ0n) is 17.7. The number of carbonyl (C=O) groups excluding carboxylic acids is 1. The van der Waals surface area contributed by atoms with Gasteiger partial charge in [-0.15, -0.1) is 12.4 Å². The van der Waals surface area contributed by atoms with E-state index in [0.29, 0.717) is 19.1 Å². The van der Waals surface area contributed by atoms with E-state index in [1.807, 2.05) is 0 Å². The van der Waals surface area contributed by atoms with Gasteiger partial charge in [-0.05, 0) is 24.5 Å². The molecule has 0 saturated carbocycles. The van der Waals surface area contributed by atoms with Crippen LogP contribution in [0.25, 0.3) is 10.9 Å². The second-order valence-corrected chi connectivity index (χ2v) is 8.30.